The largest absolute Gasteiger partial charge is 0.492 e. The van der Waals surface area contributed by atoms with Gasteiger partial charge in [0.1, 0.15) is 12.4 Å². The van der Waals surface area contributed by atoms with Gasteiger partial charge in [-0.3, -0.25) is 4.79 Å². The minimum absolute atomic E-state index is 0. The molecular weight excluding hydrogens is 337 g/mol. The van der Waals surface area contributed by atoms with E-state index < -0.39 is 6.04 Å². The Bertz CT molecular complexity index is 459. The normalized spacial score (nSPS) is 12.0. The first-order valence-corrected chi connectivity index (χ1v) is 7.14. The molecular formula is C16H29Cl2N3O2. The van der Waals surface area contributed by atoms with E-state index in [1.807, 2.05) is 59.1 Å². The zero-order chi connectivity index (χ0) is 16.0. The Balaban J connectivity index is 0. The topological polar surface area (TPSA) is 67.6 Å². The third kappa shape index (κ3) is 9.01. The number of carbonyl (C=O) groups excluding carboxylic acids is 1. The molecule has 0 aromatic heterocycles. The minimum atomic E-state index is -0.548. The predicted octanol–water partition coefficient (Wildman–Crippen LogP) is 2.78. The number of nitrogens with one attached hydrogen (secondary N) is 1. The van der Waals surface area contributed by atoms with Gasteiger partial charge in [-0.05, 0) is 43.8 Å². The van der Waals surface area contributed by atoms with Crippen molar-refractivity contribution in [1.82, 2.24) is 4.90 Å². The molecule has 23 heavy (non-hydrogen) atoms. The van der Waals surface area contributed by atoms with Crippen molar-refractivity contribution in [2.45, 2.75) is 26.8 Å². The van der Waals surface area contributed by atoms with Gasteiger partial charge in [-0.25, -0.2) is 0 Å². The number of nitrogens with two attached hydrogens (primary N) is 1. The lowest BCUT2D eigenvalue weighted by Crippen LogP contribution is -2.45. The van der Waals surface area contributed by atoms with E-state index in [0.29, 0.717) is 6.61 Å². The van der Waals surface area contributed by atoms with Crippen molar-refractivity contribution in [3.8, 4) is 5.75 Å². The van der Waals surface area contributed by atoms with Gasteiger partial charge in [-0.1, -0.05) is 20.8 Å². The molecule has 134 valence electrons. The van der Waals surface area contributed by atoms with E-state index in [2.05, 4.69) is 10.2 Å². The predicted molar refractivity (Wildman–Crippen MR) is 101 cm³/mol. The van der Waals surface area contributed by atoms with Gasteiger partial charge in [0, 0.05) is 12.2 Å². The number of hydrogen-bond acceptors (Lipinski definition) is 4. The number of carbonyl (C=O) groups is 1. The molecule has 1 aromatic carbocycles. The second-order valence-corrected chi connectivity index (χ2v) is 6.51. The molecule has 0 saturated carbocycles. The zero-order valence-electron chi connectivity index (χ0n) is 14.5. The van der Waals surface area contributed by atoms with E-state index in [1.165, 1.54) is 0 Å². The quantitative estimate of drug-likeness (QED) is 0.813. The highest BCUT2D eigenvalue weighted by atomic mass is 35.5. The second kappa shape index (κ2) is 10.7. The van der Waals surface area contributed by atoms with Crippen molar-refractivity contribution in [1.29, 1.82) is 0 Å². The maximum absolute atomic E-state index is 12.0. The summed E-state index contributed by atoms with van der Waals surface area (Å²) in [6.45, 7) is 7.32. The molecule has 0 bridgehead atoms. The van der Waals surface area contributed by atoms with Crippen LogP contribution in [0.3, 0.4) is 0 Å². The summed E-state index contributed by atoms with van der Waals surface area (Å²) in [6.07, 6.45) is 0. The minimum Gasteiger partial charge on any atom is -0.492 e. The summed E-state index contributed by atoms with van der Waals surface area (Å²) >= 11 is 0. The molecule has 0 unspecified atom stereocenters. The number of hydrogen-bond donors (Lipinski definition) is 2. The van der Waals surface area contributed by atoms with Crippen LogP contribution < -0.4 is 15.8 Å². The zero-order valence-corrected chi connectivity index (χ0v) is 16.1. The Morgan fingerprint density at radius 1 is 1.22 bits per heavy atom. The molecule has 1 atom stereocenters. The summed E-state index contributed by atoms with van der Waals surface area (Å²) < 4.78 is 5.60. The molecule has 7 heteroatoms. The van der Waals surface area contributed by atoms with Gasteiger partial charge in [0.15, 0.2) is 0 Å². The lowest BCUT2D eigenvalue weighted by Gasteiger charge is -2.25. The highest BCUT2D eigenvalue weighted by Crippen LogP contribution is 2.20. The molecule has 0 aliphatic rings. The smallest absolute Gasteiger partial charge is 0.241 e. The molecule has 0 aliphatic carbocycles. The fourth-order valence-electron chi connectivity index (χ4n) is 1.59. The number of ether oxygens (including phenoxy) is 1. The first-order chi connectivity index (χ1) is 9.70. The molecule has 1 amide bonds. The number of nitrogens with zero attached hydrogens (tertiary/aromatic N) is 1. The number of likely N-dealkylation sites (N-methyl/N-ethyl adjacent to an activating group) is 1. The van der Waals surface area contributed by atoms with Crippen LogP contribution in [-0.4, -0.2) is 44.1 Å². The molecule has 1 rings (SSSR count). The van der Waals surface area contributed by atoms with Gasteiger partial charge >= 0.3 is 0 Å². The molecule has 0 fully saturated rings. The summed E-state index contributed by atoms with van der Waals surface area (Å²) in [5.41, 5.74) is 6.38. The second-order valence-electron chi connectivity index (χ2n) is 6.51. The van der Waals surface area contributed by atoms with Gasteiger partial charge in [0.25, 0.3) is 0 Å². The van der Waals surface area contributed by atoms with E-state index in [4.69, 9.17) is 10.5 Å². The fourth-order valence-corrected chi connectivity index (χ4v) is 1.59. The average Bonchev–Trinajstić information content (AvgIpc) is 2.38. The van der Waals surface area contributed by atoms with Gasteiger partial charge in [0.05, 0.1) is 6.04 Å². The number of benzene rings is 1. The molecule has 1 aromatic rings. The monoisotopic (exact) mass is 365 g/mol. The number of amides is 1. The van der Waals surface area contributed by atoms with Gasteiger partial charge in [0.2, 0.25) is 5.91 Å². The average molecular weight is 366 g/mol. The summed E-state index contributed by atoms with van der Waals surface area (Å²) in [7, 11) is 4.00. The van der Waals surface area contributed by atoms with Crippen LogP contribution in [0.2, 0.25) is 0 Å². The van der Waals surface area contributed by atoms with Crippen LogP contribution in [0.25, 0.3) is 0 Å². The molecule has 0 saturated heterocycles. The van der Waals surface area contributed by atoms with Crippen LogP contribution in [0.1, 0.15) is 20.8 Å². The highest BCUT2D eigenvalue weighted by molar-refractivity contribution is 5.95. The lowest BCUT2D eigenvalue weighted by molar-refractivity contribution is -0.119. The Kier molecular flexibility index (Phi) is 11.3. The third-order valence-corrected chi connectivity index (χ3v) is 3.14. The maximum atomic E-state index is 12.0. The molecule has 0 spiro atoms. The van der Waals surface area contributed by atoms with Crippen molar-refractivity contribution in [2.24, 2.45) is 11.1 Å². The van der Waals surface area contributed by atoms with E-state index >= 15 is 0 Å². The summed E-state index contributed by atoms with van der Waals surface area (Å²) in [5.74, 6) is 0.610. The van der Waals surface area contributed by atoms with Crippen LogP contribution in [0, 0.1) is 5.41 Å². The Morgan fingerprint density at radius 2 is 1.74 bits per heavy atom. The Labute approximate surface area is 151 Å². The van der Waals surface area contributed by atoms with E-state index in [9.17, 15) is 4.79 Å². The molecule has 5 nitrogen and oxygen atoms in total. The lowest BCUT2D eigenvalue weighted by atomic mass is 9.87. The van der Waals surface area contributed by atoms with E-state index in [0.717, 1.165) is 18.0 Å². The highest BCUT2D eigenvalue weighted by Gasteiger charge is 2.27. The SMILES string of the molecule is CN(C)CCOc1ccc(NC(=O)[C@@H](N)C(C)(C)C)cc1.Cl.Cl. The summed E-state index contributed by atoms with van der Waals surface area (Å²) in [5, 5.41) is 2.82. The van der Waals surface area contributed by atoms with Crippen molar-refractivity contribution < 1.29 is 9.53 Å². The van der Waals surface area contributed by atoms with E-state index in [-0.39, 0.29) is 36.1 Å². The maximum Gasteiger partial charge on any atom is 0.241 e. The number of halogens is 2. The number of rotatable bonds is 6. The Hall–Kier alpha value is -1.01. The third-order valence-electron chi connectivity index (χ3n) is 3.14. The van der Waals surface area contributed by atoms with Crippen molar-refractivity contribution in [3.05, 3.63) is 24.3 Å². The van der Waals surface area contributed by atoms with E-state index in [1.54, 1.807) is 0 Å². The fraction of sp³-hybridized carbons (Fsp3) is 0.562. The van der Waals surface area contributed by atoms with Crippen LogP contribution >= 0.6 is 24.8 Å². The molecule has 3 N–H and O–H groups in total. The van der Waals surface area contributed by atoms with Crippen LogP contribution in [-0.2, 0) is 4.79 Å². The Morgan fingerprint density at radius 3 is 2.17 bits per heavy atom. The van der Waals surface area contributed by atoms with Gasteiger partial charge in [-0.2, -0.15) is 0 Å². The summed E-state index contributed by atoms with van der Waals surface area (Å²) in [6, 6.07) is 6.77. The van der Waals surface area contributed by atoms with Crippen molar-refractivity contribution >= 4 is 36.4 Å². The molecule has 0 heterocycles. The van der Waals surface area contributed by atoms with Crippen LogP contribution in [0.4, 0.5) is 5.69 Å². The van der Waals surface area contributed by atoms with Gasteiger partial charge in [-0.15, -0.1) is 24.8 Å². The standard InChI is InChI=1S/C16H27N3O2.2ClH/c1-16(2,3)14(17)15(20)18-12-6-8-13(9-7-12)21-11-10-19(4)5;;/h6-9,14H,10-11,17H2,1-5H3,(H,18,20);2*1H/t14-;;/m1../s1. The number of anilines is 1. The first kappa shape index (κ1) is 24.2. The summed E-state index contributed by atoms with van der Waals surface area (Å²) in [4.78, 5) is 14.1. The first-order valence-electron chi connectivity index (χ1n) is 7.14. The molecule has 0 radical (unpaired) electrons. The van der Waals surface area contributed by atoms with Crippen LogP contribution in [0.5, 0.6) is 5.75 Å². The van der Waals surface area contributed by atoms with Crippen molar-refractivity contribution in [2.75, 3.05) is 32.6 Å². The molecule has 0 aliphatic heterocycles. The van der Waals surface area contributed by atoms with Crippen molar-refractivity contribution in [3.63, 3.8) is 0 Å². The van der Waals surface area contributed by atoms with Gasteiger partial charge < -0.3 is 20.7 Å². The van der Waals surface area contributed by atoms with Crippen LogP contribution in [0.15, 0.2) is 24.3 Å².